The summed E-state index contributed by atoms with van der Waals surface area (Å²) in [6, 6.07) is 11.6. The molecule has 0 unspecified atom stereocenters. The SMILES string of the molecule is Cc1cn2nc(C(=O)NCCCc3ccccc3)cc2c(=O)[nH]1. The van der Waals surface area contributed by atoms with Gasteiger partial charge >= 0.3 is 0 Å². The number of nitrogens with one attached hydrogen (secondary N) is 2. The van der Waals surface area contributed by atoms with E-state index in [1.807, 2.05) is 18.2 Å². The van der Waals surface area contributed by atoms with Gasteiger partial charge in [0.2, 0.25) is 0 Å². The van der Waals surface area contributed by atoms with Crippen LogP contribution < -0.4 is 10.9 Å². The first-order valence-electron chi connectivity index (χ1n) is 7.55. The third-order valence-corrected chi connectivity index (χ3v) is 3.60. The molecule has 0 bridgehead atoms. The average Bonchev–Trinajstić information content (AvgIpc) is 2.97. The van der Waals surface area contributed by atoms with Gasteiger partial charge < -0.3 is 10.3 Å². The smallest absolute Gasteiger partial charge is 0.274 e. The van der Waals surface area contributed by atoms with E-state index in [2.05, 4.69) is 27.5 Å². The fraction of sp³-hybridized carbons (Fsp3) is 0.235. The molecule has 0 saturated carbocycles. The molecule has 2 heterocycles. The molecule has 6 heteroatoms. The quantitative estimate of drug-likeness (QED) is 0.704. The molecule has 3 aromatic rings. The Hall–Kier alpha value is -2.89. The number of rotatable bonds is 5. The number of aromatic amines is 1. The highest BCUT2D eigenvalue weighted by atomic mass is 16.2. The molecule has 1 amide bonds. The third-order valence-electron chi connectivity index (χ3n) is 3.60. The van der Waals surface area contributed by atoms with Crippen LogP contribution in [0.2, 0.25) is 0 Å². The molecule has 0 radical (unpaired) electrons. The Morgan fingerprint density at radius 1 is 1.30 bits per heavy atom. The Bertz CT molecular complexity index is 880. The molecular weight excluding hydrogens is 292 g/mol. The first-order valence-corrected chi connectivity index (χ1v) is 7.55. The van der Waals surface area contributed by atoms with E-state index < -0.39 is 0 Å². The largest absolute Gasteiger partial charge is 0.351 e. The zero-order chi connectivity index (χ0) is 16.2. The third kappa shape index (κ3) is 3.48. The number of amides is 1. The lowest BCUT2D eigenvalue weighted by Gasteiger charge is -2.03. The number of fused-ring (bicyclic) bond motifs is 1. The summed E-state index contributed by atoms with van der Waals surface area (Å²) >= 11 is 0. The van der Waals surface area contributed by atoms with Crippen molar-refractivity contribution in [1.82, 2.24) is 19.9 Å². The number of hydrogen-bond donors (Lipinski definition) is 2. The van der Waals surface area contributed by atoms with E-state index in [1.165, 1.54) is 16.1 Å². The van der Waals surface area contributed by atoms with E-state index in [4.69, 9.17) is 0 Å². The lowest BCUT2D eigenvalue weighted by Crippen LogP contribution is -2.25. The molecule has 118 valence electrons. The molecule has 23 heavy (non-hydrogen) atoms. The van der Waals surface area contributed by atoms with E-state index in [0.717, 1.165) is 12.8 Å². The maximum atomic E-state index is 12.1. The Labute approximate surface area is 133 Å². The van der Waals surface area contributed by atoms with Gasteiger partial charge in [0.05, 0.1) is 0 Å². The van der Waals surface area contributed by atoms with Gasteiger partial charge in [-0.1, -0.05) is 30.3 Å². The standard InChI is InChI=1S/C17H18N4O2/c1-12-11-21-15(17(23)19-12)10-14(20-21)16(22)18-9-5-8-13-6-3-2-4-7-13/h2-4,6-7,10-11H,5,8-9H2,1H3,(H,18,22)(H,19,23). The van der Waals surface area contributed by atoms with Gasteiger partial charge in [-0.15, -0.1) is 0 Å². The summed E-state index contributed by atoms with van der Waals surface area (Å²) in [7, 11) is 0. The average molecular weight is 310 g/mol. The second-order valence-corrected chi connectivity index (χ2v) is 5.47. The van der Waals surface area contributed by atoms with Crippen LogP contribution in [0.5, 0.6) is 0 Å². The zero-order valence-corrected chi connectivity index (χ0v) is 12.9. The van der Waals surface area contributed by atoms with Gasteiger partial charge in [-0.2, -0.15) is 5.10 Å². The van der Waals surface area contributed by atoms with E-state index in [0.29, 0.717) is 17.8 Å². The van der Waals surface area contributed by atoms with Gasteiger partial charge in [0.15, 0.2) is 5.69 Å². The number of aryl methyl sites for hydroxylation is 2. The first-order chi connectivity index (χ1) is 11.1. The van der Waals surface area contributed by atoms with Gasteiger partial charge in [0, 0.05) is 24.5 Å². The summed E-state index contributed by atoms with van der Waals surface area (Å²) in [5.74, 6) is -0.265. The maximum absolute atomic E-state index is 12.1. The van der Waals surface area contributed by atoms with Crippen LogP contribution in [0.1, 0.15) is 28.2 Å². The van der Waals surface area contributed by atoms with Crippen LogP contribution in [0, 0.1) is 6.92 Å². The molecule has 1 aromatic carbocycles. The Kier molecular flexibility index (Phi) is 4.23. The van der Waals surface area contributed by atoms with Crippen molar-refractivity contribution >= 4 is 11.4 Å². The van der Waals surface area contributed by atoms with Gasteiger partial charge in [0.25, 0.3) is 11.5 Å². The summed E-state index contributed by atoms with van der Waals surface area (Å²) in [6.07, 6.45) is 3.44. The molecule has 0 aliphatic carbocycles. The van der Waals surface area contributed by atoms with Crippen molar-refractivity contribution in [3.63, 3.8) is 0 Å². The van der Waals surface area contributed by atoms with Crippen LogP contribution in [0.25, 0.3) is 5.52 Å². The molecule has 0 aliphatic heterocycles. The number of aromatic nitrogens is 3. The van der Waals surface area contributed by atoms with Crippen molar-refractivity contribution in [1.29, 1.82) is 0 Å². The zero-order valence-electron chi connectivity index (χ0n) is 12.9. The van der Waals surface area contributed by atoms with Gasteiger partial charge in [0.1, 0.15) is 5.52 Å². The van der Waals surface area contributed by atoms with E-state index in [9.17, 15) is 9.59 Å². The summed E-state index contributed by atoms with van der Waals surface area (Å²) < 4.78 is 1.44. The summed E-state index contributed by atoms with van der Waals surface area (Å²) in [4.78, 5) is 26.6. The summed E-state index contributed by atoms with van der Waals surface area (Å²) in [5.41, 5.74) is 2.31. The van der Waals surface area contributed by atoms with Crippen molar-refractivity contribution in [3.8, 4) is 0 Å². The number of benzene rings is 1. The van der Waals surface area contributed by atoms with E-state index >= 15 is 0 Å². The molecule has 2 aromatic heterocycles. The highest BCUT2D eigenvalue weighted by Crippen LogP contribution is 2.04. The molecule has 0 fully saturated rings. The molecule has 2 N–H and O–H groups in total. The van der Waals surface area contributed by atoms with Crippen LogP contribution in [-0.4, -0.2) is 27.0 Å². The van der Waals surface area contributed by atoms with Gasteiger partial charge in [-0.05, 0) is 25.3 Å². The van der Waals surface area contributed by atoms with Crippen LogP contribution >= 0.6 is 0 Å². The highest BCUT2D eigenvalue weighted by Gasteiger charge is 2.12. The second kappa shape index (κ2) is 6.48. The fourth-order valence-electron chi connectivity index (χ4n) is 2.46. The predicted molar refractivity (Wildman–Crippen MR) is 87.6 cm³/mol. The molecule has 3 rings (SSSR count). The lowest BCUT2D eigenvalue weighted by molar-refractivity contribution is 0.0948. The molecular formula is C17H18N4O2. The van der Waals surface area contributed by atoms with Crippen molar-refractivity contribution < 1.29 is 4.79 Å². The number of nitrogens with zero attached hydrogens (tertiary/aromatic N) is 2. The molecule has 0 spiro atoms. The monoisotopic (exact) mass is 310 g/mol. The minimum atomic E-state index is -0.265. The van der Waals surface area contributed by atoms with Crippen molar-refractivity contribution in [2.45, 2.75) is 19.8 Å². The topological polar surface area (TPSA) is 79.3 Å². The second-order valence-electron chi connectivity index (χ2n) is 5.47. The normalized spacial score (nSPS) is 10.8. The Balaban J connectivity index is 1.60. The van der Waals surface area contributed by atoms with Crippen LogP contribution in [0.4, 0.5) is 0 Å². The molecule has 6 nitrogen and oxygen atoms in total. The lowest BCUT2D eigenvalue weighted by atomic mass is 10.1. The van der Waals surface area contributed by atoms with Gasteiger partial charge in [-0.3, -0.25) is 9.59 Å². The molecule has 0 atom stereocenters. The van der Waals surface area contributed by atoms with Gasteiger partial charge in [-0.25, -0.2) is 4.52 Å². The summed E-state index contributed by atoms with van der Waals surface area (Å²) in [5, 5.41) is 6.99. The van der Waals surface area contributed by atoms with E-state index in [1.54, 1.807) is 13.1 Å². The number of hydrogen-bond acceptors (Lipinski definition) is 3. The van der Waals surface area contributed by atoms with Crippen molar-refractivity contribution in [2.75, 3.05) is 6.54 Å². The van der Waals surface area contributed by atoms with Crippen LogP contribution in [0.3, 0.4) is 0 Å². The van der Waals surface area contributed by atoms with Crippen LogP contribution in [-0.2, 0) is 6.42 Å². The minimum absolute atomic E-state index is 0.249. The number of carbonyl (C=O) groups excluding carboxylic acids is 1. The Morgan fingerprint density at radius 2 is 2.09 bits per heavy atom. The fourth-order valence-corrected chi connectivity index (χ4v) is 2.46. The molecule has 0 saturated heterocycles. The molecule has 0 aliphatic rings. The Morgan fingerprint density at radius 3 is 2.87 bits per heavy atom. The first kappa shape index (κ1) is 15.0. The summed E-state index contributed by atoms with van der Waals surface area (Å²) in [6.45, 7) is 2.34. The predicted octanol–water partition coefficient (Wildman–Crippen LogP) is 1.69. The highest BCUT2D eigenvalue weighted by molar-refractivity contribution is 5.93. The van der Waals surface area contributed by atoms with E-state index in [-0.39, 0.29) is 17.2 Å². The number of carbonyl (C=O) groups is 1. The minimum Gasteiger partial charge on any atom is -0.351 e. The van der Waals surface area contributed by atoms with Crippen molar-refractivity contribution in [2.24, 2.45) is 0 Å². The van der Waals surface area contributed by atoms with Crippen molar-refractivity contribution in [3.05, 3.63) is 69.9 Å². The van der Waals surface area contributed by atoms with Crippen LogP contribution in [0.15, 0.2) is 47.4 Å². The number of H-pyrrole nitrogens is 1. The maximum Gasteiger partial charge on any atom is 0.274 e.